The normalized spacial score (nSPS) is 14.6. The van der Waals surface area contributed by atoms with Gasteiger partial charge in [0.2, 0.25) is 5.91 Å². The number of nitrogens with one attached hydrogen (secondary N) is 2. The van der Waals surface area contributed by atoms with E-state index in [4.69, 9.17) is 0 Å². The second-order valence-electron chi connectivity index (χ2n) is 6.20. The molecule has 1 fully saturated rings. The van der Waals surface area contributed by atoms with Crippen LogP contribution < -0.4 is 10.6 Å². The van der Waals surface area contributed by atoms with E-state index in [0.717, 1.165) is 29.7 Å². The average molecular weight is 297 g/mol. The van der Waals surface area contributed by atoms with Crippen LogP contribution in [0.15, 0.2) is 24.3 Å². The van der Waals surface area contributed by atoms with Gasteiger partial charge in [-0.2, -0.15) is 0 Å². The number of carbonyl (C=O) groups is 1. The maximum Gasteiger partial charge on any atom is 0.223 e. The molecule has 2 aromatic rings. The minimum absolute atomic E-state index is 0.201. The highest BCUT2D eigenvalue weighted by molar-refractivity contribution is 5.82. The highest BCUT2D eigenvalue weighted by Gasteiger charge is 2.24. The minimum Gasteiger partial charge on any atom is -0.368 e. The highest BCUT2D eigenvalue weighted by atomic mass is 16.1. The number of fused-ring (bicyclic) bond motifs is 1. The van der Waals surface area contributed by atoms with E-state index in [9.17, 15) is 4.79 Å². The Labute approximate surface area is 131 Å². The monoisotopic (exact) mass is 297 g/mol. The summed E-state index contributed by atoms with van der Waals surface area (Å²) in [7, 11) is 0. The third-order valence-corrected chi connectivity index (χ3v) is 4.35. The minimum atomic E-state index is 0.201. The summed E-state index contributed by atoms with van der Waals surface area (Å²) in [6.07, 6.45) is 3.28. The Kier molecular flexibility index (Phi) is 4.27. The van der Waals surface area contributed by atoms with Gasteiger partial charge in [0.15, 0.2) is 0 Å². The Balaban J connectivity index is 1.57. The lowest BCUT2D eigenvalue weighted by Gasteiger charge is -2.24. The standard InChI is InChI=1S/C18H23N3O/c1-12-6-7-16-15(10-12)11-13(2)17(21-16)19-8-9-20-18(22)14-4-3-5-14/h6-7,10-11,14H,3-5,8-9H2,1-2H3,(H,19,21)(H,20,22). The lowest BCUT2D eigenvalue weighted by atomic mass is 9.85. The number of aryl methyl sites for hydroxylation is 2. The third kappa shape index (κ3) is 3.21. The van der Waals surface area contributed by atoms with E-state index < -0.39 is 0 Å². The number of anilines is 1. The van der Waals surface area contributed by atoms with Crippen LogP contribution in [0.4, 0.5) is 5.82 Å². The number of nitrogens with zero attached hydrogens (tertiary/aromatic N) is 1. The van der Waals surface area contributed by atoms with Crippen molar-refractivity contribution in [2.45, 2.75) is 33.1 Å². The van der Waals surface area contributed by atoms with E-state index in [0.29, 0.717) is 13.1 Å². The summed E-state index contributed by atoms with van der Waals surface area (Å²) < 4.78 is 0. The first-order valence-corrected chi connectivity index (χ1v) is 8.03. The van der Waals surface area contributed by atoms with Crippen molar-refractivity contribution in [2.75, 3.05) is 18.4 Å². The van der Waals surface area contributed by atoms with Crippen LogP contribution in [-0.2, 0) is 4.79 Å². The topological polar surface area (TPSA) is 54.0 Å². The zero-order chi connectivity index (χ0) is 15.5. The molecule has 1 aliphatic carbocycles. The molecular formula is C18H23N3O. The first-order chi connectivity index (χ1) is 10.6. The summed E-state index contributed by atoms with van der Waals surface area (Å²) in [5.74, 6) is 1.35. The molecule has 0 bridgehead atoms. The summed E-state index contributed by atoms with van der Waals surface area (Å²) in [5.41, 5.74) is 3.37. The maximum absolute atomic E-state index is 11.8. The molecule has 1 saturated carbocycles. The van der Waals surface area contributed by atoms with Gasteiger partial charge in [-0.3, -0.25) is 4.79 Å². The third-order valence-electron chi connectivity index (χ3n) is 4.35. The first kappa shape index (κ1) is 14.8. The number of amides is 1. The molecule has 0 saturated heterocycles. The van der Waals surface area contributed by atoms with Gasteiger partial charge in [0, 0.05) is 24.4 Å². The fourth-order valence-electron chi connectivity index (χ4n) is 2.76. The van der Waals surface area contributed by atoms with Crippen molar-refractivity contribution in [1.82, 2.24) is 10.3 Å². The lowest BCUT2D eigenvalue weighted by molar-refractivity contribution is -0.127. The van der Waals surface area contributed by atoms with Crippen LogP contribution in [0.1, 0.15) is 30.4 Å². The summed E-state index contributed by atoms with van der Waals surface area (Å²) in [6, 6.07) is 8.43. The van der Waals surface area contributed by atoms with Crippen LogP contribution in [0.3, 0.4) is 0 Å². The molecule has 0 aliphatic heterocycles. The molecule has 0 spiro atoms. The Morgan fingerprint density at radius 1 is 1.23 bits per heavy atom. The molecule has 1 aromatic carbocycles. The number of rotatable bonds is 5. The number of aromatic nitrogens is 1. The summed E-state index contributed by atoms with van der Waals surface area (Å²) >= 11 is 0. The van der Waals surface area contributed by atoms with Crippen LogP contribution in [0, 0.1) is 19.8 Å². The largest absolute Gasteiger partial charge is 0.368 e. The molecule has 0 radical (unpaired) electrons. The molecule has 3 rings (SSSR count). The summed E-state index contributed by atoms with van der Waals surface area (Å²) in [4.78, 5) is 16.4. The molecule has 116 valence electrons. The van der Waals surface area contributed by atoms with Crippen LogP contribution >= 0.6 is 0 Å². The smallest absolute Gasteiger partial charge is 0.223 e. The van der Waals surface area contributed by atoms with Gasteiger partial charge in [-0.1, -0.05) is 18.1 Å². The predicted molar refractivity (Wildman–Crippen MR) is 90.1 cm³/mol. The van der Waals surface area contributed by atoms with Gasteiger partial charge < -0.3 is 10.6 Å². The van der Waals surface area contributed by atoms with Crippen molar-refractivity contribution in [3.63, 3.8) is 0 Å². The summed E-state index contributed by atoms with van der Waals surface area (Å²) in [6.45, 7) is 5.49. The molecule has 1 heterocycles. The molecule has 22 heavy (non-hydrogen) atoms. The molecule has 1 amide bonds. The SMILES string of the molecule is Cc1ccc2nc(NCCNC(=O)C3CCC3)c(C)cc2c1. The number of pyridine rings is 1. The van der Waals surface area contributed by atoms with Gasteiger partial charge in [-0.05, 0) is 50.5 Å². The van der Waals surface area contributed by atoms with E-state index in [1.165, 1.54) is 17.4 Å². The molecule has 2 N–H and O–H groups in total. The van der Waals surface area contributed by atoms with Crippen molar-refractivity contribution < 1.29 is 4.79 Å². The van der Waals surface area contributed by atoms with Gasteiger partial charge in [0.1, 0.15) is 5.82 Å². The zero-order valence-electron chi connectivity index (χ0n) is 13.3. The predicted octanol–water partition coefficient (Wildman–Crippen LogP) is 3.18. The fraction of sp³-hybridized carbons (Fsp3) is 0.444. The second-order valence-corrected chi connectivity index (χ2v) is 6.20. The Bertz CT molecular complexity index is 692. The zero-order valence-corrected chi connectivity index (χ0v) is 13.3. The lowest BCUT2D eigenvalue weighted by Crippen LogP contribution is -2.37. The Morgan fingerprint density at radius 2 is 2.05 bits per heavy atom. The number of hydrogen-bond donors (Lipinski definition) is 2. The van der Waals surface area contributed by atoms with Gasteiger partial charge >= 0.3 is 0 Å². The molecule has 0 unspecified atom stereocenters. The van der Waals surface area contributed by atoms with Crippen molar-refractivity contribution >= 4 is 22.6 Å². The van der Waals surface area contributed by atoms with Gasteiger partial charge in [-0.15, -0.1) is 0 Å². The fourth-order valence-corrected chi connectivity index (χ4v) is 2.76. The second kappa shape index (κ2) is 6.34. The highest BCUT2D eigenvalue weighted by Crippen LogP contribution is 2.26. The Morgan fingerprint density at radius 3 is 2.77 bits per heavy atom. The average Bonchev–Trinajstić information content (AvgIpc) is 2.42. The quantitative estimate of drug-likeness (QED) is 0.833. The molecule has 4 nitrogen and oxygen atoms in total. The van der Waals surface area contributed by atoms with Gasteiger partial charge in [0.25, 0.3) is 0 Å². The maximum atomic E-state index is 11.8. The van der Waals surface area contributed by atoms with Crippen molar-refractivity contribution in [3.05, 3.63) is 35.4 Å². The summed E-state index contributed by atoms with van der Waals surface area (Å²) in [5, 5.41) is 7.48. The van der Waals surface area contributed by atoms with Crippen LogP contribution in [0.25, 0.3) is 10.9 Å². The van der Waals surface area contributed by atoms with E-state index >= 15 is 0 Å². The molecule has 1 aliphatic rings. The molecule has 4 heteroatoms. The van der Waals surface area contributed by atoms with E-state index in [2.05, 4.69) is 47.7 Å². The van der Waals surface area contributed by atoms with Crippen molar-refractivity contribution in [3.8, 4) is 0 Å². The molecule has 0 atom stereocenters. The molecular weight excluding hydrogens is 274 g/mol. The van der Waals surface area contributed by atoms with Crippen LogP contribution in [0.5, 0.6) is 0 Å². The van der Waals surface area contributed by atoms with Crippen LogP contribution in [0.2, 0.25) is 0 Å². The van der Waals surface area contributed by atoms with Crippen LogP contribution in [-0.4, -0.2) is 24.0 Å². The number of hydrogen-bond acceptors (Lipinski definition) is 3. The first-order valence-electron chi connectivity index (χ1n) is 8.03. The van der Waals surface area contributed by atoms with E-state index in [1.54, 1.807) is 0 Å². The molecule has 1 aromatic heterocycles. The van der Waals surface area contributed by atoms with E-state index in [1.807, 2.05) is 6.07 Å². The number of carbonyl (C=O) groups excluding carboxylic acids is 1. The van der Waals surface area contributed by atoms with E-state index in [-0.39, 0.29) is 11.8 Å². The van der Waals surface area contributed by atoms with Gasteiger partial charge in [0.05, 0.1) is 5.52 Å². The van der Waals surface area contributed by atoms with Crippen molar-refractivity contribution in [1.29, 1.82) is 0 Å². The number of benzene rings is 1. The van der Waals surface area contributed by atoms with Crippen molar-refractivity contribution in [2.24, 2.45) is 5.92 Å². The Hall–Kier alpha value is -2.10. The van der Waals surface area contributed by atoms with Gasteiger partial charge in [-0.25, -0.2) is 4.98 Å².